The first-order valence-electron chi connectivity index (χ1n) is 6.87. The van der Waals surface area contributed by atoms with Gasteiger partial charge < -0.3 is 4.74 Å². The molecule has 116 valence electrons. The minimum Gasteiger partial charge on any atom is -0.469 e. The second-order valence-electron chi connectivity index (χ2n) is 5.04. The molecule has 0 aromatic heterocycles. The zero-order chi connectivity index (χ0) is 16.2. The van der Waals surface area contributed by atoms with Gasteiger partial charge in [-0.15, -0.1) is 0 Å². The Hall–Kier alpha value is -2.14. The zero-order valence-corrected chi connectivity index (χ0v) is 13.3. The summed E-state index contributed by atoms with van der Waals surface area (Å²) in [6.45, 7) is 1.89. The molecule has 0 heterocycles. The van der Waals surface area contributed by atoms with Crippen LogP contribution in [-0.2, 0) is 19.4 Å². The summed E-state index contributed by atoms with van der Waals surface area (Å²) in [6, 6.07) is 15.3. The van der Waals surface area contributed by atoms with Crippen molar-refractivity contribution in [3.05, 3.63) is 65.7 Å². The summed E-state index contributed by atoms with van der Waals surface area (Å²) in [5.74, 6) is -0.551. The molecule has 2 rings (SSSR count). The fourth-order valence-electron chi connectivity index (χ4n) is 2.20. The second-order valence-corrected chi connectivity index (χ2v) is 7.17. The molecular weight excluding hydrogens is 300 g/mol. The first-order chi connectivity index (χ1) is 10.4. The number of carbonyl (C=O) groups excluding carboxylic acids is 1. The highest BCUT2D eigenvalue weighted by molar-refractivity contribution is 7.91. The van der Waals surface area contributed by atoms with Gasteiger partial charge in [-0.1, -0.05) is 48.0 Å². The van der Waals surface area contributed by atoms with E-state index >= 15 is 0 Å². The number of esters is 1. The van der Waals surface area contributed by atoms with Crippen LogP contribution in [0.1, 0.15) is 22.8 Å². The van der Waals surface area contributed by atoms with Crippen LogP contribution in [0.25, 0.3) is 0 Å². The van der Waals surface area contributed by atoms with Gasteiger partial charge in [0.05, 0.1) is 18.4 Å². The lowest BCUT2D eigenvalue weighted by molar-refractivity contribution is -0.140. The average Bonchev–Trinajstić information content (AvgIpc) is 2.53. The Morgan fingerprint density at radius 1 is 1.05 bits per heavy atom. The van der Waals surface area contributed by atoms with Crippen molar-refractivity contribution in [2.24, 2.45) is 0 Å². The van der Waals surface area contributed by atoms with Gasteiger partial charge in [-0.25, -0.2) is 8.42 Å². The number of hydrogen-bond acceptors (Lipinski definition) is 4. The maximum atomic E-state index is 12.9. The number of carbonyl (C=O) groups is 1. The van der Waals surface area contributed by atoms with E-state index in [0.717, 1.165) is 5.56 Å². The van der Waals surface area contributed by atoms with E-state index in [9.17, 15) is 13.2 Å². The molecule has 0 N–H and O–H groups in total. The van der Waals surface area contributed by atoms with Crippen LogP contribution in [0.3, 0.4) is 0 Å². The minimum atomic E-state index is -3.68. The molecule has 0 spiro atoms. The van der Waals surface area contributed by atoms with Gasteiger partial charge in [0.1, 0.15) is 5.25 Å². The van der Waals surface area contributed by atoms with Crippen LogP contribution < -0.4 is 0 Å². The van der Waals surface area contributed by atoms with E-state index < -0.39 is 21.1 Å². The summed E-state index contributed by atoms with van der Waals surface area (Å²) in [7, 11) is -2.42. The van der Waals surface area contributed by atoms with Crippen molar-refractivity contribution in [3.63, 3.8) is 0 Å². The van der Waals surface area contributed by atoms with Crippen molar-refractivity contribution in [3.8, 4) is 0 Å². The quantitative estimate of drug-likeness (QED) is 0.795. The van der Waals surface area contributed by atoms with Crippen molar-refractivity contribution in [2.75, 3.05) is 7.11 Å². The van der Waals surface area contributed by atoms with Crippen molar-refractivity contribution < 1.29 is 17.9 Å². The molecule has 4 nitrogen and oxygen atoms in total. The largest absolute Gasteiger partial charge is 0.469 e. The van der Waals surface area contributed by atoms with Gasteiger partial charge in [0, 0.05) is 0 Å². The number of rotatable bonds is 5. The van der Waals surface area contributed by atoms with Crippen molar-refractivity contribution in [1.29, 1.82) is 0 Å². The molecular formula is C17H18O4S. The topological polar surface area (TPSA) is 60.4 Å². The number of methoxy groups -OCH3 is 1. The highest BCUT2D eigenvalue weighted by Crippen LogP contribution is 2.32. The van der Waals surface area contributed by atoms with Gasteiger partial charge in [-0.2, -0.15) is 0 Å². The highest BCUT2D eigenvalue weighted by Gasteiger charge is 2.31. The zero-order valence-electron chi connectivity index (χ0n) is 12.5. The predicted molar refractivity (Wildman–Crippen MR) is 84.2 cm³/mol. The summed E-state index contributed by atoms with van der Waals surface area (Å²) >= 11 is 0. The summed E-state index contributed by atoms with van der Waals surface area (Å²) in [5, 5.41) is -0.955. The molecule has 0 fully saturated rings. The summed E-state index contributed by atoms with van der Waals surface area (Å²) < 4.78 is 30.4. The van der Waals surface area contributed by atoms with Crippen LogP contribution in [0.15, 0.2) is 59.5 Å². The van der Waals surface area contributed by atoms with E-state index in [2.05, 4.69) is 4.74 Å². The van der Waals surface area contributed by atoms with Gasteiger partial charge in [-0.05, 0) is 24.6 Å². The Bertz CT molecular complexity index is 734. The number of benzene rings is 2. The van der Waals surface area contributed by atoms with Gasteiger partial charge in [0.25, 0.3) is 0 Å². The van der Waals surface area contributed by atoms with Gasteiger partial charge in [0.2, 0.25) is 0 Å². The molecule has 5 heteroatoms. The van der Waals surface area contributed by atoms with E-state index in [0.29, 0.717) is 5.56 Å². The number of ether oxygens (including phenoxy) is 1. The molecule has 0 amide bonds. The molecule has 22 heavy (non-hydrogen) atoms. The smallest absolute Gasteiger partial charge is 0.307 e. The second kappa shape index (κ2) is 6.75. The Kier molecular flexibility index (Phi) is 4.98. The summed E-state index contributed by atoms with van der Waals surface area (Å²) in [4.78, 5) is 11.8. The van der Waals surface area contributed by atoms with E-state index in [1.807, 2.05) is 6.92 Å². The molecule has 0 bridgehead atoms. The van der Waals surface area contributed by atoms with E-state index in [4.69, 9.17) is 0 Å². The molecule has 0 aliphatic heterocycles. The van der Waals surface area contributed by atoms with Crippen LogP contribution in [-0.4, -0.2) is 21.5 Å². The Balaban J connectivity index is 2.47. The van der Waals surface area contributed by atoms with Gasteiger partial charge in [-0.3, -0.25) is 4.79 Å². The van der Waals surface area contributed by atoms with Crippen LogP contribution in [0, 0.1) is 6.92 Å². The summed E-state index contributed by atoms with van der Waals surface area (Å²) in [5.41, 5.74) is 1.55. The SMILES string of the molecule is COC(=O)CC(c1ccccc1)S(=O)(=O)c1ccc(C)cc1. The maximum absolute atomic E-state index is 12.9. The molecule has 0 aliphatic carbocycles. The van der Waals surface area contributed by atoms with E-state index in [1.165, 1.54) is 7.11 Å². The van der Waals surface area contributed by atoms with Crippen LogP contribution >= 0.6 is 0 Å². The third kappa shape index (κ3) is 3.54. The lowest BCUT2D eigenvalue weighted by Gasteiger charge is -2.17. The Morgan fingerprint density at radius 3 is 2.18 bits per heavy atom. The predicted octanol–water partition coefficient (Wildman–Crippen LogP) is 3.07. The van der Waals surface area contributed by atoms with Gasteiger partial charge in [0.15, 0.2) is 9.84 Å². The number of hydrogen-bond donors (Lipinski definition) is 0. The number of sulfone groups is 1. The van der Waals surface area contributed by atoms with Crippen LogP contribution in [0.4, 0.5) is 0 Å². The van der Waals surface area contributed by atoms with Crippen LogP contribution in [0.5, 0.6) is 0 Å². The molecule has 1 atom stereocenters. The van der Waals surface area contributed by atoms with Crippen molar-refractivity contribution >= 4 is 15.8 Å². The third-order valence-electron chi connectivity index (χ3n) is 3.48. The lowest BCUT2D eigenvalue weighted by atomic mass is 10.1. The van der Waals surface area contributed by atoms with E-state index in [-0.39, 0.29) is 11.3 Å². The van der Waals surface area contributed by atoms with Crippen LogP contribution in [0.2, 0.25) is 0 Å². The standard InChI is InChI=1S/C17H18O4S/c1-13-8-10-15(11-9-13)22(19,20)16(12-17(18)21-2)14-6-4-3-5-7-14/h3-11,16H,12H2,1-2H3. The fraction of sp³-hybridized carbons (Fsp3) is 0.235. The number of aryl methyl sites for hydroxylation is 1. The third-order valence-corrected chi connectivity index (χ3v) is 5.59. The lowest BCUT2D eigenvalue weighted by Crippen LogP contribution is -2.18. The molecule has 0 aliphatic rings. The highest BCUT2D eigenvalue weighted by atomic mass is 32.2. The van der Waals surface area contributed by atoms with Crippen molar-refractivity contribution in [1.82, 2.24) is 0 Å². The fourth-order valence-corrected chi connectivity index (χ4v) is 3.92. The Labute approximate surface area is 130 Å². The molecule has 1 unspecified atom stereocenters. The monoisotopic (exact) mass is 318 g/mol. The molecule has 0 saturated carbocycles. The first-order valence-corrected chi connectivity index (χ1v) is 8.42. The average molecular weight is 318 g/mol. The van der Waals surface area contributed by atoms with E-state index in [1.54, 1.807) is 54.6 Å². The molecule has 2 aromatic carbocycles. The van der Waals surface area contributed by atoms with Gasteiger partial charge >= 0.3 is 5.97 Å². The minimum absolute atomic E-state index is 0.204. The van der Waals surface area contributed by atoms with Crippen molar-refractivity contribution in [2.45, 2.75) is 23.5 Å². The molecule has 0 radical (unpaired) electrons. The molecule has 0 saturated heterocycles. The maximum Gasteiger partial charge on any atom is 0.307 e. The first kappa shape index (κ1) is 16.2. The Morgan fingerprint density at radius 2 is 1.64 bits per heavy atom. The normalized spacial score (nSPS) is 12.6. The molecule has 2 aromatic rings. The summed E-state index contributed by atoms with van der Waals surface area (Å²) in [6.07, 6.45) is -0.212.